The molecule has 0 bridgehead atoms. The minimum Gasteiger partial charge on any atom is -0.465 e. The topological polar surface area (TPSA) is 47.6 Å². The van der Waals surface area contributed by atoms with Crippen LogP contribution in [0.25, 0.3) is 0 Å². The molecule has 0 aromatic heterocycles. The number of hydrogen-bond donors (Lipinski definition) is 1. The lowest BCUT2D eigenvalue weighted by Crippen LogP contribution is -2.30. The van der Waals surface area contributed by atoms with E-state index in [9.17, 15) is 4.79 Å². The van der Waals surface area contributed by atoms with Gasteiger partial charge in [0.05, 0.1) is 25.3 Å². The first kappa shape index (κ1) is 15.5. The molecule has 1 N–H and O–H groups in total. The van der Waals surface area contributed by atoms with Gasteiger partial charge in [0.15, 0.2) is 0 Å². The molecular weight excluding hydrogens is 242 g/mol. The quantitative estimate of drug-likeness (QED) is 0.803. The summed E-state index contributed by atoms with van der Waals surface area (Å²) >= 11 is 0. The molecule has 4 heteroatoms. The average molecular weight is 265 g/mol. The van der Waals surface area contributed by atoms with Gasteiger partial charge in [0, 0.05) is 12.8 Å². The number of nitrogens with one attached hydrogen (secondary N) is 1. The second-order valence-corrected chi connectivity index (χ2v) is 4.97. The van der Waals surface area contributed by atoms with Crippen molar-refractivity contribution in [2.45, 2.75) is 26.8 Å². The standard InChI is InChI=1S/C15H23NO3/c1-10(2)14(9-18-4)16-13-8-12(15(17)19-5)7-6-11(13)3/h6-8,10,14,16H,9H2,1-5H3. The SMILES string of the molecule is COCC(Nc1cc(C(=O)OC)ccc1C)C(C)C. The van der Waals surface area contributed by atoms with Crippen LogP contribution in [-0.2, 0) is 9.47 Å². The highest BCUT2D eigenvalue weighted by Gasteiger charge is 2.15. The van der Waals surface area contributed by atoms with Gasteiger partial charge in [0.25, 0.3) is 0 Å². The molecule has 19 heavy (non-hydrogen) atoms. The molecule has 0 aliphatic heterocycles. The summed E-state index contributed by atoms with van der Waals surface area (Å²) in [7, 11) is 3.08. The van der Waals surface area contributed by atoms with Crippen LogP contribution in [0.4, 0.5) is 5.69 Å². The first-order valence-electron chi connectivity index (χ1n) is 6.44. The van der Waals surface area contributed by atoms with Crippen molar-refractivity contribution in [1.82, 2.24) is 0 Å². The first-order chi connectivity index (χ1) is 8.99. The van der Waals surface area contributed by atoms with Gasteiger partial charge < -0.3 is 14.8 Å². The van der Waals surface area contributed by atoms with Gasteiger partial charge in [-0.2, -0.15) is 0 Å². The van der Waals surface area contributed by atoms with Crippen molar-refractivity contribution in [3.8, 4) is 0 Å². The zero-order valence-electron chi connectivity index (χ0n) is 12.3. The smallest absolute Gasteiger partial charge is 0.337 e. The fourth-order valence-electron chi connectivity index (χ4n) is 1.80. The number of methoxy groups -OCH3 is 2. The molecule has 1 aromatic rings. The van der Waals surface area contributed by atoms with Crippen LogP contribution in [0.15, 0.2) is 18.2 Å². The molecule has 0 saturated heterocycles. The Balaban J connectivity index is 2.95. The van der Waals surface area contributed by atoms with Crippen molar-refractivity contribution in [3.63, 3.8) is 0 Å². The number of ether oxygens (including phenoxy) is 2. The summed E-state index contributed by atoms with van der Waals surface area (Å²) in [4.78, 5) is 11.5. The van der Waals surface area contributed by atoms with Crippen LogP contribution in [0.5, 0.6) is 0 Å². The predicted octanol–water partition coefficient (Wildman–Crippen LogP) is 2.86. The Morgan fingerprint density at radius 2 is 2.00 bits per heavy atom. The lowest BCUT2D eigenvalue weighted by atomic mass is 10.0. The molecule has 1 unspecified atom stereocenters. The zero-order valence-corrected chi connectivity index (χ0v) is 12.3. The van der Waals surface area contributed by atoms with Crippen LogP contribution in [0, 0.1) is 12.8 Å². The molecule has 0 spiro atoms. The van der Waals surface area contributed by atoms with Crippen LogP contribution < -0.4 is 5.32 Å². The molecule has 0 radical (unpaired) electrons. The lowest BCUT2D eigenvalue weighted by Gasteiger charge is -2.24. The van der Waals surface area contributed by atoms with Crippen molar-refractivity contribution in [2.75, 3.05) is 26.1 Å². The maximum Gasteiger partial charge on any atom is 0.337 e. The predicted molar refractivity (Wildman–Crippen MR) is 76.6 cm³/mol. The number of anilines is 1. The largest absolute Gasteiger partial charge is 0.465 e. The fourth-order valence-corrected chi connectivity index (χ4v) is 1.80. The normalized spacial score (nSPS) is 12.3. The Morgan fingerprint density at radius 3 is 2.53 bits per heavy atom. The van der Waals surface area contributed by atoms with Crippen molar-refractivity contribution in [3.05, 3.63) is 29.3 Å². The van der Waals surface area contributed by atoms with E-state index in [0.717, 1.165) is 11.3 Å². The van der Waals surface area contributed by atoms with Gasteiger partial charge >= 0.3 is 5.97 Å². The van der Waals surface area contributed by atoms with Crippen molar-refractivity contribution < 1.29 is 14.3 Å². The number of carbonyl (C=O) groups is 1. The molecule has 0 saturated carbocycles. The van der Waals surface area contributed by atoms with Crippen molar-refractivity contribution in [1.29, 1.82) is 0 Å². The van der Waals surface area contributed by atoms with Gasteiger partial charge in [-0.3, -0.25) is 0 Å². The highest BCUT2D eigenvalue weighted by atomic mass is 16.5. The van der Waals surface area contributed by atoms with E-state index in [0.29, 0.717) is 18.1 Å². The van der Waals surface area contributed by atoms with Gasteiger partial charge in [-0.1, -0.05) is 19.9 Å². The molecule has 0 fully saturated rings. The van der Waals surface area contributed by atoms with E-state index in [1.807, 2.05) is 19.1 Å². The van der Waals surface area contributed by atoms with E-state index >= 15 is 0 Å². The molecular formula is C15H23NO3. The third-order valence-corrected chi connectivity index (χ3v) is 3.15. The number of benzene rings is 1. The van der Waals surface area contributed by atoms with Crippen LogP contribution in [0.2, 0.25) is 0 Å². The first-order valence-corrected chi connectivity index (χ1v) is 6.44. The van der Waals surface area contributed by atoms with Gasteiger partial charge in [-0.15, -0.1) is 0 Å². The Labute approximate surface area is 115 Å². The molecule has 0 heterocycles. The van der Waals surface area contributed by atoms with Gasteiger partial charge in [-0.05, 0) is 30.5 Å². The van der Waals surface area contributed by atoms with Crippen LogP contribution in [-0.4, -0.2) is 32.8 Å². The summed E-state index contributed by atoms with van der Waals surface area (Å²) in [5.41, 5.74) is 2.59. The second kappa shape index (κ2) is 7.14. The molecule has 1 aromatic carbocycles. The van der Waals surface area contributed by atoms with E-state index in [-0.39, 0.29) is 12.0 Å². The van der Waals surface area contributed by atoms with Crippen molar-refractivity contribution in [2.24, 2.45) is 5.92 Å². The summed E-state index contributed by atoms with van der Waals surface area (Å²) in [5.74, 6) is 0.108. The summed E-state index contributed by atoms with van der Waals surface area (Å²) in [6.07, 6.45) is 0. The molecule has 1 rings (SSSR count). The summed E-state index contributed by atoms with van der Waals surface area (Å²) in [5, 5.41) is 3.43. The average Bonchev–Trinajstić information content (AvgIpc) is 2.39. The third kappa shape index (κ3) is 4.24. The molecule has 0 aliphatic rings. The maximum absolute atomic E-state index is 11.5. The number of aryl methyl sites for hydroxylation is 1. The van der Waals surface area contributed by atoms with Gasteiger partial charge in [0.1, 0.15) is 0 Å². The fraction of sp³-hybridized carbons (Fsp3) is 0.533. The van der Waals surface area contributed by atoms with E-state index in [1.54, 1.807) is 13.2 Å². The van der Waals surface area contributed by atoms with E-state index < -0.39 is 0 Å². The number of carbonyl (C=O) groups excluding carboxylic acids is 1. The monoisotopic (exact) mass is 265 g/mol. The minimum absolute atomic E-state index is 0.205. The molecule has 0 amide bonds. The van der Waals surface area contributed by atoms with Crippen LogP contribution >= 0.6 is 0 Å². The van der Waals surface area contributed by atoms with E-state index in [1.165, 1.54) is 7.11 Å². The number of esters is 1. The van der Waals surface area contributed by atoms with E-state index in [4.69, 9.17) is 9.47 Å². The Bertz CT molecular complexity index is 429. The second-order valence-electron chi connectivity index (χ2n) is 4.97. The Hall–Kier alpha value is -1.55. The Kier molecular flexibility index (Phi) is 5.83. The van der Waals surface area contributed by atoms with Crippen LogP contribution in [0.1, 0.15) is 29.8 Å². The zero-order chi connectivity index (χ0) is 14.4. The summed E-state index contributed by atoms with van der Waals surface area (Å²) in [6.45, 7) is 6.90. The van der Waals surface area contributed by atoms with Gasteiger partial charge in [-0.25, -0.2) is 4.79 Å². The van der Waals surface area contributed by atoms with Crippen molar-refractivity contribution >= 4 is 11.7 Å². The highest BCUT2D eigenvalue weighted by Crippen LogP contribution is 2.20. The van der Waals surface area contributed by atoms with E-state index in [2.05, 4.69) is 19.2 Å². The Morgan fingerprint density at radius 1 is 1.32 bits per heavy atom. The summed E-state index contributed by atoms with van der Waals surface area (Å²) in [6, 6.07) is 5.72. The van der Waals surface area contributed by atoms with Gasteiger partial charge in [0.2, 0.25) is 0 Å². The minimum atomic E-state index is -0.323. The molecule has 1 atom stereocenters. The van der Waals surface area contributed by atoms with Crippen LogP contribution in [0.3, 0.4) is 0 Å². The highest BCUT2D eigenvalue weighted by molar-refractivity contribution is 5.90. The lowest BCUT2D eigenvalue weighted by molar-refractivity contribution is 0.0601. The molecule has 4 nitrogen and oxygen atoms in total. The molecule has 106 valence electrons. The molecule has 0 aliphatic carbocycles. The third-order valence-electron chi connectivity index (χ3n) is 3.15. The number of rotatable bonds is 6. The maximum atomic E-state index is 11.5. The number of hydrogen-bond acceptors (Lipinski definition) is 4. The summed E-state index contributed by atoms with van der Waals surface area (Å²) < 4.78 is 9.96.